The molecule has 3 aromatic rings. The summed E-state index contributed by atoms with van der Waals surface area (Å²) in [6.07, 6.45) is -1.50. The van der Waals surface area contributed by atoms with Crippen molar-refractivity contribution in [2.24, 2.45) is 0 Å². The van der Waals surface area contributed by atoms with Gasteiger partial charge in [-0.1, -0.05) is 6.07 Å². The molecule has 1 aliphatic rings. The van der Waals surface area contributed by atoms with Crippen molar-refractivity contribution >= 4 is 11.0 Å². The summed E-state index contributed by atoms with van der Waals surface area (Å²) in [7, 11) is 2.81. The second-order valence-corrected chi connectivity index (χ2v) is 7.45. The van der Waals surface area contributed by atoms with Crippen LogP contribution in [0.15, 0.2) is 45.6 Å². The maximum atomic E-state index is 13.0. The van der Waals surface area contributed by atoms with Crippen LogP contribution in [-0.2, 0) is 4.74 Å². The normalized spacial score (nSPS) is 20.8. The van der Waals surface area contributed by atoms with E-state index in [0.717, 1.165) is 0 Å². The average Bonchev–Trinajstić information content (AvgIpc) is 2.78. The Morgan fingerprint density at radius 2 is 1.78 bits per heavy atom. The number of rotatable bonds is 6. The zero-order chi connectivity index (χ0) is 22.8. The first-order valence-corrected chi connectivity index (χ1v) is 10.1. The molecular formula is C23H24O9. The van der Waals surface area contributed by atoms with Crippen LogP contribution >= 0.6 is 0 Å². The van der Waals surface area contributed by atoms with Gasteiger partial charge in [-0.2, -0.15) is 0 Å². The van der Waals surface area contributed by atoms with Gasteiger partial charge in [-0.25, -0.2) is 0 Å². The lowest BCUT2D eigenvalue weighted by Gasteiger charge is -2.32. The number of ether oxygens (including phenoxy) is 4. The predicted molar refractivity (Wildman–Crippen MR) is 114 cm³/mol. The third kappa shape index (κ3) is 4.22. The number of phenols is 1. The van der Waals surface area contributed by atoms with Gasteiger partial charge >= 0.3 is 0 Å². The van der Waals surface area contributed by atoms with Crippen LogP contribution in [-0.4, -0.2) is 54.6 Å². The van der Waals surface area contributed by atoms with E-state index in [1.165, 1.54) is 32.4 Å². The van der Waals surface area contributed by atoms with Gasteiger partial charge in [0.15, 0.2) is 16.9 Å². The number of hydrogen-bond acceptors (Lipinski definition) is 9. The first kappa shape index (κ1) is 21.9. The average molecular weight is 444 g/mol. The Kier molecular flexibility index (Phi) is 6.22. The molecule has 1 aliphatic heterocycles. The standard InChI is InChI=1S/C23H24O9/c1-28-19-6-12(7-20(29-2)23(19)27)18-10-15(26)22-16(31-18)4-3-5-17(22)32-21-9-13(25)8-14(11-24)30-21/h3-7,10,13-14,21,24-25,27H,8-9,11H2,1-2H3. The molecule has 0 saturated carbocycles. The van der Waals surface area contributed by atoms with E-state index < -0.39 is 18.5 Å². The molecule has 0 radical (unpaired) electrons. The number of aliphatic hydroxyl groups is 2. The van der Waals surface area contributed by atoms with Gasteiger partial charge in [0.1, 0.15) is 22.5 Å². The highest BCUT2D eigenvalue weighted by Gasteiger charge is 2.30. The van der Waals surface area contributed by atoms with Crippen molar-refractivity contribution in [3.05, 3.63) is 46.6 Å². The topological polar surface area (TPSA) is 128 Å². The van der Waals surface area contributed by atoms with E-state index in [-0.39, 0.29) is 58.2 Å². The maximum absolute atomic E-state index is 13.0. The summed E-state index contributed by atoms with van der Waals surface area (Å²) in [5.41, 5.74) is 0.412. The van der Waals surface area contributed by atoms with Crippen LogP contribution in [0.2, 0.25) is 0 Å². The van der Waals surface area contributed by atoms with Crippen LogP contribution < -0.4 is 19.6 Å². The quantitative estimate of drug-likeness (QED) is 0.525. The number of fused-ring (bicyclic) bond motifs is 1. The van der Waals surface area contributed by atoms with Crippen molar-refractivity contribution in [2.75, 3.05) is 20.8 Å². The van der Waals surface area contributed by atoms with Crippen molar-refractivity contribution in [1.29, 1.82) is 0 Å². The van der Waals surface area contributed by atoms with Crippen LogP contribution in [0.5, 0.6) is 23.0 Å². The smallest absolute Gasteiger partial charge is 0.202 e. The molecule has 9 heteroatoms. The second kappa shape index (κ2) is 9.07. The molecule has 3 unspecified atom stereocenters. The Balaban J connectivity index is 1.73. The van der Waals surface area contributed by atoms with E-state index >= 15 is 0 Å². The van der Waals surface area contributed by atoms with Gasteiger partial charge in [0.2, 0.25) is 12.0 Å². The molecular weight excluding hydrogens is 420 g/mol. The van der Waals surface area contributed by atoms with Crippen LogP contribution in [0, 0.1) is 0 Å². The fraction of sp³-hybridized carbons (Fsp3) is 0.348. The monoisotopic (exact) mass is 444 g/mol. The van der Waals surface area contributed by atoms with Gasteiger partial charge in [-0.3, -0.25) is 4.79 Å². The SMILES string of the molecule is COc1cc(-c2cc(=O)c3c(OC4CC(O)CC(CO)O4)cccc3o2)cc(OC)c1O. The molecule has 3 N–H and O–H groups in total. The zero-order valence-electron chi connectivity index (χ0n) is 17.6. The van der Waals surface area contributed by atoms with Gasteiger partial charge in [0, 0.05) is 24.5 Å². The van der Waals surface area contributed by atoms with E-state index in [1.807, 2.05) is 0 Å². The molecule has 4 rings (SSSR count). The lowest BCUT2D eigenvalue weighted by Crippen LogP contribution is -2.40. The molecule has 1 saturated heterocycles. The summed E-state index contributed by atoms with van der Waals surface area (Å²) in [6.45, 7) is -0.239. The van der Waals surface area contributed by atoms with Crippen LogP contribution in [0.1, 0.15) is 12.8 Å². The number of hydrogen-bond donors (Lipinski definition) is 3. The minimum absolute atomic E-state index is 0.159. The summed E-state index contributed by atoms with van der Waals surface area (Å²) in [5, 5.41) is 29.7. The second-order valence-electron chi connectivity index (χ2n) is 7.45. The first-order valence-electron chi connectivity index (χ1n) is 10.1. The highest BCUT2D eigenvalue weighted by molar-refractivity contribution is 5.85. The van der Waals surface area contributed by atoms with E-state index in [1.54, 1.807) is 18.2 Å². The fourth-order valence-corrected chi connectivity index (χ4v) is 3.74. The van der Waals surface area contributed by atoms with Gasteiger partial charge in [0.25, 0.3) is 0 Å². The summed E-state index contributed by atoms with van der Waals surface area (Å²) in [5.74, 6) is 0.685. The summed E-state index contributed by atoms with van der Waals surface area (Å²) in [6, 6.07) is 9.31. The van der Waals surface area contributed by atoms with E-state index in [9.17, 15) is 20.1 Å². The highest BCUT2D eigenvalue weighted by atomic mass is 16.7. The van der Waals surface area contributed by atoms with E-state index in [2.05, 4.69) is 0 Å². The molecule has 170 valence electrons. The minimum Gasteiger partial charge on any atom is -0.502 e. The third-order valence-corrected chi connectivity index (χ3v) is 5.29. The zero-order valence-corrected chi connectivity index (χ0v) is 17.6. The molecule has 1 fully saturated rings. The van der Waals surface area contributed by atoms with Crippen molar-refractivity contribution in [3.8, 4) is 34.3 Å². The largest absolute Gasteiger partial charge is 0.502 e. The van der Waals surface area contributed by atoms with Gasteiger partial charge < -0.3 is 38.7 Å². The molecule has 0 amide bonds. The Morgan fingerprint density at radius 1 is 1.06 bits per heavy atom. The summed E-state index contributed by atoms with van der Waals surface area (Å²) in [4.78, 5) is 13.0. The molecule has 2 aromatic carbocycles. The van der Waals surface area contributed by atoms with Crippen LogP contribution in [0.25, 0.3) is 22.3 Å². The molecule has 2 heterocycles. The van der Waals surface area contributed by atoms with Gasteiger partial charge in [0.05, 0.1) is 33.0 Å². The van der Waals surface area contributed by atoms with Crippen LogP contribution in [0.4, 0.5) is 0 Å². The molecule has 0 aliphatic carbocycles. The fourth-order valence-electron chi connectivity index (χ4n) is 3.74. The van der Waals surface area contributed by atoms with Crippen molar-refractivity contribution in [3.63, 3.8) is 0 Å². The molecule has 0 bridgehead atoms. The first-order chi connectivity index (χ1) is 15.4. The molecule has 1 aromatic heterocycles. The Morgan fingerprint density at radius 3 is 2.44 bits per heavy atom. The Hall–Kier alpha value is -3.27. The molecule has 9 nitrogen and oxygen atoms in total. The number of aliphatic hydroxyl groups excluding tert-OH is 2. The molecule has 0 spiro atoms. The summed E-state index contributed by atoms with van der Waals surface area (Å²) < 4.78 is 27.8. The number of benzene rings is 2. The number of methoxy groups -OCH3 is 2. The lowest BCUT2D eigenvalue weighted by molar-refractivity contribution is -0.184. The third-order valence-electron chi connectivity index (χ3n) is 5.29. The highest BCUT2D eigenvalue weighted by Crippen LogP contribution is 2.40. The number of phenolic OH excluding ortho intramolecular Hbond substituents is 1. The minimum atomic E-state index is -0.814. The van der Waals surface area contributed by atoms with Crippen molar-refractivity contribution in [1.82, 2.24) is 0 Å². The van der Waals surface area contributed by atoms with E-state index in [0.29, 0.717) is 12.0 Å². The molecule has 3 atom stereocenters. The van der Waals surface area contributed by atoms with Gasteiger partial charge in [-0.05, 0) is 24.3 Å². The predicted octanol–water partition coefficient (Wildman–Crippen LogP) is 2.42. The lowest BCUT2D eigenvalue weighted by atomic mass is 10.1. The van der Waals surface area contributed by atoms with Crippen LogP contribution in [0.3, 0.4) is 0 Å². The summed E-state index contributed by atoms with van der Waals surface area (Å²) >= 11 is 0. The van der Waals surface area contributed by atoms with Crippen molar-refractivity contribution < 1.29 is 38.7 Å². The van der Waals surface area contributed by atoms with Gasteiger partial charge in [-0.15, -0.1) is 0 Å². The maximum Gasteiger partial charge on any atom is 0.202 e. The van der Waals surface area contributed by atoms with Crippen molar-refractivity contribution in [2.45, 2.75) is 31.3 Å². The Bertz CT molecular complexity index is 1140. The Labute approximate surface area is 183 Å². The van der Waals surface area contributed by atoms with E-state index in [4.69, 9.17) is 23.4 Å². The number of aromatic hydroxyl groups is 1. The molecule has 32 heavy (non-hydrogen) atoms.